The summed E-state index contributed by atoms with van der Waals surface area (Å²) in [6.07, 6.45) is 7.95. The highest BCUT2D eigenvalue weighted by Gasteiger charge is 2.34. The average Bonchev–Trinajstić information content (AvgIpc) is 2.25. The molecule has 0 aromatic heterocycles. The van der Waals surface area contributed by atoms with Gasteiger partial charge in [-0.15, -0.1) is 0 Å². The van der Waals surface area contributed by atoms with Crippen LogP contribution in [-0.4, -0.2) is 17.3 Å². The monoisotopic (exact) mass is 241 g/mol. The van der Waals surface area contributed by atoms with Gasteiger partial charge in [-0.05, 0) is 50.5 Å². The van der Waals surface area contributed by atoms with Crippen molar-refractivity contribution in [2.45, 2.75) is 71.3 Å². The molecule has 1 aliphatic rings. The van der Waals surface area contributed by atoms with Gasteiger partial charge < -0.3 is 10.8 Å². The standard InChI is InChI=1S/C15H31NO/c1-4-12-7-6-9-15(3,17)11-13(8-10-16)14(12)5-2/h12-14,17H,4-11,16H2,1-3H3. The van der Waals surface area contributed by atoms with Crippen LogP contribution >= 0.6 is 0 Å². The van der Waals surface area contributed by atoms with Gasteiger partial charge in [0.2, 0.25) is 0 Å². The Bertz CT molecular complexity index is 215. The molecule has 17 heavy (non-hydrogen) atoms. The van der Waals surface area contributed by atoms with Crippen LogP contribution in [0.3, 0.4) is 0 Å². The van der Waals surface area contributed by atoms with Crippen LogP contribution in [0, 0.1) is 17.8 Å². The molecule has 3 N–H and O–H groups in total. The van der Waals surface area contributed by atoms with Crippen LogP contribution in [0.2, 0.25) is 0 Å². The maximum atomic E-state index is 10.4. The largest absolute Gasteiger partial charge is 0.390 e. The van der Waals surface area contributed by atoms with Crippen molar-refractivity contribution in [1.82, 2.24) is 0 Å². The van der Waals surface area contributed by atoms with Gasteiger partial charge in [0.05, 0.1) is 5.60 Å². The van der Waals surface area contributed by atoms with Crippen LogP contribution in [0.25, 0.3) is 0 Å². The second-order valence-electron chi connectivity index (χ2n) is 6.17. The first-order valence-corrected chi connectivity index (χ1v) is 7.46. The molecule has 0 aromatic carbocycles. The summed E-state index contributed by atoms with van der Waals surface area (Å²) in [5.74, 6) is 2.22. The van der Waals surface area contributed by atoms with E-state index in [1.165, 1.54) is 25.7 Å². The quantitative estimate of drug-likeness (QED) is 0.793. The Hall–Kier alpha value is -0.0800. The van der Waals surface area contributed by atoms with Crippen molar-refractivity contribution in [2.24, 2.45) is 23.5 Å². The summed E-state index contributed by atoms with van der Waals surface area (Å²) in [6.45, 7) is 7.38. The third-order valence-electron chi connectivity index (χ3n) is 4.74. The molecule has 0 saturated heterocycles. The molecule has 4 atom stereocenters. The molecule has 1 rings (SSSR count). The van der Waals surface area contributed by atoms with E-state index in [4.69, 9.17) is 5.73 Å². The van der Waals surface area contributed by atoms with Crippen molar-refractivity contribution < 1.29 is 5.11 Å². The number of hydrogen-bond acceptors (Lipinski definition) is 2. The van der Waals surface area contributed by atoms with Crippen LogP contribution in [0.5, 0.6) is 0 Å². The fourth-order valence-corrected chi connectivity index (χ4v) is 3.87. The van der Waals surface area contributed by atoms with E-state index in [0.29, 0.717) is 5.92 Å². The van der Waals surface area contributed by atoms with Gasteiger partial charge in [0.25, 0.3) is 0 Å². The fourth-order valence-electron chi connectivity index (χ4n) is 3.87. The molecule has 102 valence electrons. The van der Waals surface area contributed by atoms with Gasteiger partial charge in [0.1, 0.15) is 0 Å². The Morgan fingerprint density at radius 1 is 1.24 bits per heavy atom. The van der Waals surface area contributed by atoms with E-state index in [1.807, 2.05) is 6.92 Å². The summed E-state index contributed by atoms with van der Waals surface area (Å²) in [6, 6.07) is 0. The van der Waals surface area contributed by atoms with Gasteiger partial charge in [-0.1, -0.05) is 39.5 Å². The first-order valence-electron chi connectivity index (χ1n) is 7.46. The second kappa shape index (κ2) is 6.75. The topological polar surface area (TPSA) is 46.2 Å². The zero-order valence-corrected chi connectivity index (χ0v) is 11.9. The van der Waals surface area contributed by atoms with Crippen LogP contribution in [-0.2, 0) is 0 Å². The molecule has 0 bridgehead atoms. The van der Waals surface area contributed by atoms with Gasteiger partial charge in [-0.3, -0.25) is 0 Å². The lowest BCUT2D eigenvalue weighted by atomic mass is 9.68. The Balaban J connectivity index is 2.80. The van der Waals surface area contributed by atoms with Gasteiger partial charge in [-0.2, -0.15) is 0 Å². The summed E-state index contributed by atoms with van der Waals surface area (Å²) < 4.78 is 0. The minimum atomic E-state index is -0.466. The summed E-state index contributed by atoms with van der Waals surface area (Å²) >= 11 is 0. The SMILES string of the molecule is CCC1CCCC(C)(O)CC(CCN)C1CC. The molecule has 0 heterocycles. The van der Waals surface area contributed by atoms with Gasteiger partial charge in [0.15, 0.2) is 0 Å². The zero-order chi connectivity index (χ0) is 12.9. The summed E-state index contributed by atoms with van der Waals surface area (Å²) in [7, 11) is 0. The molecule has 4 unspecified atom stereocenters. The highest BCUT2D eigenvalue weighted by Crippen LogP contribution is 2.40. The Labute approximate surface area is 107 Å². The molecule has 1 saturated carbocycles. The zero-order valence-electron chi connectivity index (χ0n) is 11.9. The Morgan fingerprint density at radius 3 is 2.47 bits per heavy atom. The third kappa shape index (κ3) is 4.26. The van der Waals surface area contributed by atoms with Crippen molar-refractivity contribution in [2.75, 3.05) is 6.54 Å². The number of rotatable bonds is 4. The van der Waals surface area contributed by atoms with E-state index < -0.39 is 5.60 Å². The highest BCUT2D eigenvalue weighted by atomic mass is 16.3. The predicted molar refractivity (Wildman–Crippen MR) is 73.8 cm³/mol. The molecule has 2 nitrogen and oxygen atoms in total. The van der Waals surface area contributed by atoms with E-state index in [9.17, 15) is 5.11 Å². The fraction of sp³-hybridized carbons (Fsp3) is 1.00. The lowest BCUT2D eigenvalue weighted by Crippen LogP contribution is -2.36. The Morgan fingerprint density at radius 2 is 1.94 bits per heavy atom. The van der Waals surface area contributed by atoms with Crippen LogP contribution < -0.4 is 5.73 Å². The maximum absolute atomic E-state index is 10.4. The molecule has 0 aliphatic heterocycles. The summed E-state index contributed by atoms with van der Waals surface area (Å²) in [5, 5.41) is 10.4. The van der Waals surface area contributed by atoms with Crippen molar-refractivity contribution >= 4 is 0 Å². The molecule has 0 radical (unpaired) electrons. The smallest absolute Gasteiger partial charge is 0.0622 e. The summed E-state index contributed by atoms with van der Waals surface area (Å²) in [4.78, 5) is 0. The molecular formula is C15H31NO. The molecule has 0 aromatic rings. The Kier molecular flexibility index (Phi) is 5.94. The van der Waals surface area contributed by atoms with Crippen LogP contribution in [0.1, 0.15) is 65.7 Å². The summed E-state index contributed by atoms with van der Waals surface area (Å²) in [5.41, 5.74) is 5.29. The van der Waals surface area contributed by atoms with Crippen LogP contribution in [0.15, 0.2) is 0 Å². The van der Waals surface area contributed by atoms with Crippen molar-refractivity contribution in [3.63, 3.8) is 0 Å². The lowest BCUT2D eigenvalue weighted by Gasteiger charge is -2.40. The first kappa shape index (κ1) is 15.0. The third-order valence-corrected chi connectivity index (χ3v) is 4.74. The molecule has 1 fully saturated rings. The van der Waals surface area contributed by atoms with E-state index in [-0.39, 0.29) is 0 Å². The molecule has 0 amide bonds. The number of hydrogen-bond donors (Lipinski definition) is 2. The maximum Gasteiger partial charge on any atom is 0.0622 e. The van der Waals surface area contributed by atoms with Crippen molar-refractivity contribution in [3.8, 4) is 0 Å². The van der Waals surface area contributed by atoms with Gasteiger partial charge in [-0.25, -0.2) is 0 Å². The van der Waals surface area contributed by atoms with E-state index in [2.05, 4.69) is 13.8 Å². The highest BCUT2D eigenvalue weighted by molar-refractivity contribution is 4.86. The second-order valence-corrected chi connectivity index (χ2v) is 6.17. The minimum absolute atomic E-state index is 0.466. The minimum Gasteiger partial charge on any atom is -0.390 e. The first-order chi connectivity index (χ1) is 8.04. The lowest BCUT2D eigenvalue weighted by molar-refractivity contribution is -0.00951. The van der Waals surface area contributed by atoms with E-state index >= 15 is 0 Å². The van der Waals surface area contributed by atoms with Gasteiger partial charge in [0, 0.05) is 0 Å². The molecule has 1 aliphatic carbocycles. The molecular weight excluding hydrogens is 210 g/mol. The molecule has 0 spiro atoms. The molecule has 2 heteroatoms. The van der Waals surface area contributed by atoms with Crippen molar-refractivity contribution in [3.05, 3.63) is 0 Å². The van der Waals surface area contributed by atoms with E-state index in [1.54, 1.807) is 0 Å². The van der Waals surface area contributed by atoms with Gasteiger partial charge >= 0.3 is 0 Å². The predicted octanol–water partition coefficient (Wildman–Crippen LogP) is 3.33. The number of nitrogens with two attached hydrogens (primary N) is 1. The van der Waals surface area contributed by atoms with Crippen LogP contribution in [0.4, 0.5) is 0 Å². The normalized spacial score (nSPS) is 39.7. The van der Waals surface area contributed by atoms with Crippen molar-refractivity contribution in [1.29, 1.82) is 0 Å². The van der Waals surface area contributed by atoms with E-state index in [0.717, 1.165) is 37.6 Å². The number of aliphatic hydroxyl groups is 1. The average molecular weight is 241 g/mol.